The van der Waals surface area contributed by atoms with Gasteiger partial charge in [0.2, 0.25) is 5.78 Å². The van der Waals surface area contributed by atoms with Gasteiger partial charge in [0.15, 0.2) is 6.61 Å². The first-order valence-electron chi connectivity index (χ1n) is 6.15. The number of carbonyl (C=O) groups excluding carboxylic acids is 2. The number of halogens is 1. The van der Waals surface area contributed by atoms with Gasteiger partial charge in [-0.1, -0.05) is 23.7 Å². The van der Waals surface area contributed by atoms with Gasteiger partial charge in [0.05, 0.1) is 10.7 Å². The summed E-state index contributed by atoms with van der Waals surface area (Å²) in [6.07, 6.45) is 0. The lowest BCUT2D eigenvalue weighted by Gasteiger charge is -2.05. The number of benzene rings is 1. The Morgan fingerprint density at radius 2 is 2.05 bits per heavy atom. The Hall–Kier alpha value is -2.34. The van der Waals surface area contributed by atoms with Crippen molar-refractivity contribution in [3.8, 4) is 0 Å². The molecule has 0 fully saturated rings. The van der Waals surface area contributed by atoms with Gasteiger partial charge in [0.25, 0.3) is 0 Å². The quantitative estimate of drug-likeness (QED) is 0.689. The molecule has 0 atom stereocenters. The lowest BCUT2D eigenvalue weighted by Crippen LogP contribution is -2.16. The number of anilines is 1. The van der Waals surface area contributed by atoms with Crippen molar-refractivity contribution in [3.63, 3.8) is 0 Å². The molecule has 0 aliphatic carbocycles. The first-order valence-corrected chi connectivity index (χ1v) is 6.53. The van der Waals surface area contributed by atoms with Crippen LogP contribution in [0.1, 0.15) is 26.4 Å². The maximum atomic E-state index is 12.0. The summed E-state index contributed by atoms with van der Waals surface area (Å²) in [4.78, 5) is 23.9. The molecule has 1 aromatic heterocycles. The molecule has 0 aliphatic heterocycles. The first-order chi connectivity index (χ1) is 9.91. The Bertz CT molecular complexity index is 709. The van der Waals surface area contributed by atoms with E-state index in [-0.39, 0.29) is 17.2 Å². The van der Waals surface area contributed by atoms with E-state index in [1.54, 1.807) is 38.2 Å². The van der Waals surface area contributed by atoms with E-state index in [9.17, 15) is 9.59 Å². The van der Waals surface area contributed by atoms with E-state index in [0.717, 1.165) is 0 Å². The number of hydrogen-bond acceptors (Lipinski definition) is 5. The van der Waals surface area contributed by atoms with Crippen molar-refractivity contribution in [2.24, 2.45) is 7.05 Å². The molecule has 2 rings (SSSR count). The van der Waals surface area contributed by atoms with Crippen molar-refractivity contribution in [3.05, 3.63) is 46.1 Å². The molecule has 0 unspecified atom stereocenters. The largest absolute Gasteiger partial charge is 0.454 e. The average molecular weight is 308 g/mol. The summed E-state index contributed by atoms with van der Waals surface area (Å²) in [6.45, 7) is 1.24. The highest BCUT2D eigenvalue weighted by molar-refractivity contribution is 6.34. The highest BCUT2D eigenvalue weighted by atomic mass is 35.5. The molecule has 21 heavy (non-hydrogen) atoms. The van der Waals surface area contributed by atoms with Crippen molar-refractivity contribution in [2.75, 3.05) is 12.3 Å². The number of ether oxygens (including phenoxy) is 1. The molecule has 1 heterocycles. The number of ketones is 1. The van der Waals surface area contributed by atoms with Crippen molar-refractivity contribution < 1.29 is 14.3 Å². The number of aromatic nitrogens is 2. The van der Waals surface area contributed by atoms with E-state index in [4.69, 9.17) is 22.1 Å². The summed E-state index contributed by atoms with van der Waals surface area (Å²) in [6, 6.07) is 6.57. The van der Waals surface area contributed by atoms with E-state index in [2.05, 4.69) is 5.10 Å². The lowest BCUT2D eigenvalue weighted by molar-refractivity contribution is 0.0475. The predicted octanol–water partition coefficient (Wildman–Crippen LogP) is 2.00. The third-order valence-corrected chi connectivity index (χ3v) is 3.31. The number of esters is 1. The fourth-order valence-electron chi connectivity index (χ4n) is 1.90. The van der Waals surface area contributed by atoms with Gasteiger partial charge in [0, 0.05) is 12.6 Å². The molecule has 7 heteroatoms. The molecule has 2 N–H and O–H groups in total. The SMILES string of the molecule is Cc1nn(C)c(N)c1C(=O)OCC(=O)c1ccccc1Cl. The third-order valence-electron chi connectivity index (χ3n) is 2.98. The molecule has 1 aromatic carbocycles. The van der Waals surface area contributed by atoms with Crippen molar-refractivity contribution in [2.45, 2.75) is 6.92 Å². The maximum absolute atomic E-state index is 12.0. The second kappa shape index (κ2) is 5.97. The van der Waals surface area contributed by atoms with Gasteiger partial charge in [-0.2, -0.15) is 5.10 Å². The molecule has 0 aliphatic rings. The first kappa shape index (κ1) is 15.1. The molecule has 0 spiro atoms. The van der Waals surface area contributed by atoms with Crippen LogP contribution in [0.5, 0.6) is 0 Å². The summed E-state index contributed by atoms with van der Waals surface area (Å²) in [7, 11) is 1.62. The number of aryl methyl sites for hydroxylation is 2. The summed E-state index contributed by atoms with van der Waals surface area (Å²) in [5.41, 5.74) is 6.67. The van der Waals surface area contributed by atoms with Crippen LogP contribution < -0.4 is 5.73 Å². The Morgan fingerprint density at radius 3 is 2.62 bits per heavy atom. The molecule has 0 radical (unpaired) electrons. The monoisotopic (exact) mass is 307 g/mol. The van der Waals surface area contributed by atoms with Crippen molar-refractivity contribution in [1.29, 1.82) is 0 Å². The van der Waals surface area contributed by atoms with Crippen LogP contribution in [0.3, 0.4) is 0 Å². The number of nitrogens with two attached hydrogens (primary N) is 1. The zero-order chi connectivity index (χ0) is 15.6. The number of carbonyl (C=O) groups is 2. The van der Waals surface area contributed by atoms with Crippen molar-refractivity contribution in [1.82, 2.24) is 9.78 Å². The van der Waals surface area contributed by atoms with Gasteiger partial charge >= 0.3 is 5.97 Å². The molecule has 0 saturated carbocycles. The van der Waals surface area contributed by atoms with E-state index in [1.807, 2.05) is 0 Å². The molecule has 0 amide bonds. The number of Topliss-reactive ketones (excluding diaryl/α,β-unsaturated/α-hetero) is 1. The summed E-state index contributed by atoms with van der Waals surface area (Å²) >= 11 is 5.91. The maximum Gasteiger partial charge on any atom is 0.344 e. The van der Waals surface area contributed by atoms with Crippen LogP contribution in [0.2, 0.25) is 5.02 Å². The summed E-state index contributed by atoms with van der Waals surface area (Å²) in [5.74, 6) is -0.865. The number of nitrogen functional groups attached to an aromatic ring is 1. The van der Waals surface area contributed by atoms with Crippen LogP contribution in [0.15, 0.2) is 24.3 Å². The predicted molar refractivity (Wildman–Crippen MR) is 78.4 cm³/mol. The highest BCUT2D eigenvalue weighted by Gasteiger charge is 2.21. The van der Waals surface area contributed by atoms with Crippen LogP contribution in [-0.4, -0.2) is 28.1 Å². The standard InChI is InChI=1S/C14H14ClN3O3/c1-8-12(13(16)18(2)17-8)14(20)21-7-11(19)9-5-3-4-6-10(9)15/h3-6H,7,16H2,1-2H3. The van der Waals surface area contributed by atoms with E-state index in [1.165, 1.54) is 4.68 Å². The fraction of sp³-hybridized carbons (Fsp3) is 0.214. The zero-order valence-electron chi connectivity index (χ0n) is 11.6. The van der Waals surface area contributed by atoms with E-state index < -0.39 is 12.6 Å². The van der Waals surface area contributed by atoms with Gasteiger partial charge in [-0.3, -0.25) is 9.48 Å². The second-order valence-corrected chi connectivity index (χ2v) is 4.86. The molecule has 6 nitrogen and oxygen atoms in total. The minimum Gasteiger partial charge on any atom is -0.454 e. The lowest BCUT2D eigenvalue weighted by atomic mass is 10.1. The van der Waals surface area contributed by atoms with E-state index in [0.29, 0.717) is 16.3 Å². The molecule has 2 aromatic rings. The van der Waals surface area contributed by atoms with Crippen LogP contribution in [-0.2, 0) is 11.8 Å². The van der Waals surface area contributed by atoms with Crippen LogP contribution in [0.4, 0.5) is 5.82 Å². The Kier molecular flexibility index (Phi) is 4.28. The molecule has 110 valence electrons. The molecular weight excluding hydrogens is 294 g/mol. The van der Waals surface area contributed by atoms with Gasteiger partial charge in [-0.25, -0.2) is 4.79 Å². The molecule has 0 bridgehead atoms. The Labute approximate surface area is 126 Å². The summed E-state index contributed by atoms with van der Waals surface area (Å²) < 4.78 is 6.37. The highest BCUT2D eigenvalue weighted by Crippen LogP contribution is 2.18. The molecule has 0 saturated heterocycles. The summed E-state index contributed by atoms with van der Waals surface area (Å²) in [5, 5.41) is 4.33. The third kappa shape index (κ3) is 3.05. The number of nitrogens with zero attached hydrogens (tertiary/aromatic N) is 2. The van der Waals surface area contributed by atoms with E-state index >= 15 is 0 Å². The van der Waals surface area contributed by atoms with Crippen LogP contribution >= 0.6 is 11.6 Å². The number of rotatable bonds is 4. The van der Waals surface area contributed by atoms with Crippen LogP contribution in [0.25, 0.3) is 0 Å². The fourth-order valence-corrected chi connectivity index (χ4v) is 2.14. The van der Waals surface area contributed by atoms with Gasteiger partial charge < -0.3 is 10.5 Å². The average Bonchev–Trinajstić information content (AvgIpc) is 2.70. The Morgan fingerprint density at radius 1 is 1.38 bits per heavy atom. The molecular formula is C14H14ClN3O3. The minimum absolute atomic E-state index is 0.171. The second-order valence-electron chi connectivity index (χ2n) is 4.45. The van der Waals surface area contributed by atoms with Gasteiger partial charge in [-0.15, -0.1) is 0 Å². The van der Waals surface area contributed by atoms with Crippen molar-refractivity contribution >= 4 is 29.2 Å². The normalized spacial score (nSPS) is 10.4. The zero-order valence-corrected chi connectivity index (χ0v) is 12.3. The van der Waals surface area contributed by atoms with Gasteiger partial charge in [-0.05, 0) is 19.1 Å². The smallest absolute Gasteiger partial charge is 0.344 e. The number of hydrogen-bond donors (Lipinski definition) is 1. The minimum atomic E-state index is -0.682. The Balaban J connectivity index is 2.08. The van der Waals surface area contributed by atoms with Crippen LogP contribution in [0, 0.1) is 6.92 Å². The van der Waals surface area contributed by atoms with Gasteiger partial charge in [0.1, 0.15) is 11.4 Å². The topological polar surface area (TPSA) is 87.2 Å².